The zero-order valence-corrected chi connectivity index (χ0v) is 15.3. The fourth-order valence-corrected chi connectivity index (χ4v) is 4.67. The van der Waals surface area contributed by atoms with Gasteiger partial charge in [0.2, 0.25) is 0 Å². The van der Waals surface area contributed by atoms with Gasteiger partial charge in [-0.15, -0.1) is 0 Å². The Balaban J connectivity index is 1.59. The van der Waals surface area contributed by atoms with Gasteiger partial charge in [-0.25, -0.2) is 4.79 Å². The van der Waals surface area contributed by atoms with Crippen molar-refractivity contribution in [3.8, 4) is 17.6 Å². The first kappa shape index (κ1) is 16.6. The summed E-state index contributed by atoms with van der Waals surface area (Å²) < 4.78 is 11.9. The molecule has 2 saturated carbocycles. The van der Waals surface area contributed by atoms with Gasteiger partial charge < -0.3 is 14.8 Å². The lowest BCUT2D eigenvalue weighted by atomic mass is 9.68. The van der Waals surface area contributed by atoms with Crippen LogP contribution in [0.2, 0.25) is 0 Å². The zero-order chi connectivity index (χ0) is 18.6. The molecule has 6 heteroatoms. The van der Waals surface area contributed by atoms with Crippen molar-refractivity contribution in [1.29, 1.82) is 0 Å². The second-order valence-corrected chi connectivity index (χ2v) is 7.94. The Morgan fingerprint density at radius 3 is 2.59 bits per heavy atom. The first-order valence-corrected chi connectivity index (χ1v) is 9.58. The number of carbonyl (C=O) groups excluding carboxylic acids is 2. The smallest absolute Gasteiger partial charge is 0.322 e. The van der Waals surface area contributed by atoms with Gasteiger partial charge in [0.1, 0.15) is 11.4 Å². The Kier molecular flexibility index (Phi) is 3.54. The summed E-state index contributed by atoms with van der Waals surface area (Å²) >= 11 is 0. The van der Waals surface area contributed by atoms with Gasteiger partial charge in [-0.1, -0.05) is 11.8 Å². The standard InChI is InChI=1S/C21H22N2O4/c1-26-15-8-10-20(11-9-15)21(18(24)22-19(25)23-21)16-12-14(5-4-13-2-3-13)6-7-17(16)27-20/h6-7,12-13,15H,2-3,8-11H2,1H3,(H2,22,23,24,25). The van der Waals surface area contributed by atoms with Gasteiger partial charge >= 0.3 is 6.03 Å². The second kappa shape index (κ2) is 5.74. The Labute approximate surface area is 158 Å². The highest BCUT2D eigenvalue weighted by Crippen LogP contribution is 2.55. The number of ether oxygens (including phenoxy) is 2. The minimum absolute atomic E-state index is 0.153. The number of carbonyl (C=O) groups is 2. The Hall–Kier alpha value is -2.52. The van der Waals surface area contributed by atoms with Crippen LogP contribution in [0.3, 0.4) is 0 Å². The van der Waals surface area contributed by atoms with E-state index in [9.17, 15) is 9.59 Å². The van der Waals surface area contributed by atoms with Crippen LogP contribution in [0.15, 0.2) is 18.2 Å². The summed E-state index contributed by atoms with van der Waals surface area (Å²) in [6.07, 6.45) is 5.31. The van der Waals surface area contributed by atoms with E-state index in [4.69, 9.17) is 9.47 Å². The van der Waals surface area contributed by atoms with Gasteiger partial charge in [0.25, 0.3) is 5.91 Å². The summed E-state index contributed by atoms with van der Waals surface area (Å²) in [5.41, 5.74) is -0.428. The number of methoxy groups -OCH3 is 1. The molecule has 0 radical (unpaired) electrons. The van der Waals surface area contributed by atoms with Crippen molar-refractivity contribution in [2.24, 2.45) is 5.92 Å². The molecule has 3 amide bonds. The molecule has 27 heavy (non-hydrogen) atoms. The molecule has 140 valence electrons. The Bertz CT molecular complexity index is 887. The summed E-state index contributed by atoms with van der Waals surface area (Å²) in [7, 11) is 1.71. The van der Waals surface area contributed by atoms with Crippen molar-refractivity contribution in [3.05, 3.63) is 29.3 Å². The molecule has 5 rings (SSSR count). The molecule has 1 saturated heterocycles. The van der Waals surface area contributed by atoms with Crippen LogP contribution in [-0.4, -0.2) is 30.8 Å². The Morgan fingerprint density at radius 1 is 1.19 bits per heavy atom. The van der Waals surface area contributed by atoms with Gasteiger partial charge in [-0.3, -0.25) is 10.1 Å². The van der Waals surface area contributed by atoms with Crippen LogP contribution in [-0.2, 0) is 15.1 Å². The molecular formula is C21H22N2O4. The van der Waals surface area contributed by atoms with Crippen molar-refractivity contribution in [2.75, 3.05) is 7.11 Å². The summed E-state index contributed by atoms with van der Waals surface area (Å²) in [5.74, 6) is 7.27. The van der Waals surface area contributed by atoms with Gasteiger partial charge in [0, 0.05) is 24.2 Å². The summed E-state index contributed by atoms with van der Waals surface area (Å²) in [6, 6.07) is 5.24. The van der Waals surface area contributed by atoms with Crippen molar-refractivity contribution < 1.29 is 19.1 Å². The van der Waals surface area contributed by atoms with E-state index in [-0.39, 0.29) is 12.0 Å². The summed E-state index contributed by atoms with van der Waals surface area (Å²) in [6.45, 7) is 0. The van der Waals surface area contributed by atoms with E-state index in [1.165, 1.54) is 0 Å². The summed E-state index contributed by atoms with van der Waals surface area (Å²) in [4.78, 5) is 25.2. The molecular weight excluding hydrogens is 344 g/mol. The first-order valence-electron chi connectivity index (χ1n) is 9.58. The maximum absolute atomic E-state index is 13.0. The quantitative estimate of drug-likeness (QED) is 0.590. The molecule has 2 N–H and O–H groups in total. The number of urea groups is 1. The maximum atomic E-state index is 13.0. The maximum Gasteiger partial charge on any atom is 0.322 e. The number of hydrogen-bond acceptors (Lipinski definition) is 4. The average molecular weight is 366 g/mol. The lowest BCUT2D eigenvalue weighted by Crippen LogP contribution is -2.62. The Morgan fingerprint density at radius 2 is 1.96 bits per heavy atom. The van der Waals surface area contributed by atoms with E-state index in [0.29, 0.717) is 30.1 Å². The van der Waals surface area contributed by atoms with Crippen LogP contribution in [0.1, 0.15) is 49.7 Å². The lowest BCUT2D eigenvalue weighted by molar-refractivity contribution is -0.135. The third-order valence-corrected chi connectivity index (χ3v) is 6.31. The highest BCUT2D eigenvalue weighted by atomic mass is 16.5. The van der Waals surface area contributed by atoms with E-state index >= 15 is 0 Å². The summed E-state index contributed by atoms with van der Waals surface area (Å²) in [5, 5.41) is 5.35. The minimum Gasteiger partial charge on any atom is -0.483 e. The highest BCUT2D eigenvalue weighted by molar-refractivity contribution is 6.09. The van der Waals surface area contributed by atoms with Gasteiger partial charge in [-0.05, 0) is 56.7 Å². The predicted molar refractivity (Wildman–Crippen MR) is 97.0 cm³/mol. The van der Waals surface area contributed by atoms with Crippen molar-refractivity contribution in [3.63, 3.8) is 0 Å². The van der Waals surface area contributed by atoms with Crippen molar-refractivity contribution in [1.82, 2.24) is 10.6 Å². The lowest BCUT2D eigenvalue weighted by Gasteiger charge is -2.44. The third-order valence-electron chi connectivity index (χ3n) is 6.31. The number of rotatable bonds is 1. The number of benzene rings is 1. The highest BCUT2D eigenvalue weighted by Gasteiger charge is 2.68. The molecule has 1 unspecified atom stereocenters. The number of amides is 3. The van der Waals surface area contributed by atoms with E-state index in [1.807, 2.05) is 18.2 Å². The molecule has 1 atom stereocenters. The van der Waals surface area contributed by atoms with E-state index in [1.54, 1.807) is 7.11 Å². The molecule has 2 heterocycles. The molecule has 6 nitrogen and oxygen atoms in total. The van der Waals surface area contributed by atoms with Crippen molar-refractivity contribution in [2.45, 2.75) is 55.8 Å². The van der Waals surface area contributed by atoms with E-state index in [2.05, 4.69) is 22.5 Å². The first-order chi connectivity index (χ1) is 13.1. The number of nitrogens with one attached hydrogen (secondary N) is 2. The molecule has 0 bridgehead atoms. The van der Waals surface area contributed by atoms with Crippen LogP contribution in [0.25, 0.3) is 0 Å². The van der Waals surface area contributed by atoms with Gasteiger partial charge in [0.05, 0.1) is 6.10 Å². The van der Waals surface area contributed by atoms with Crippen LogP contribution in [0, 0.1) is 17.8 Å². The molecule has 0 aromatic heterocycles. The third kappa shape index (κ3) is 2.38. The van der Waals surface area contributed by atoms with Gasteiger partial charge in [-0.2, -0.15) is 0 Å². The molecule has 2 aliphatic heterocycles. The monoisotopic (exact) mass is 366 g/mol. The fraction of sp³-hybridized carbons (Fsp3) is 0.524. The number of fused-ring (bicyclic) bond motifs is 3. The average Bonchev–Trinajstić information content (AvgIpc) is 3.40. The van der Waals surface area contributed by atoms with Crippen LogP contribution in [0.4, 0.5) is 4.79 Å². The van der Waals surface area contributed by atoms with E-state index in [0.717, 1.165) is 31.2 Å². The largest absolute Gasteiger partial charge is 0.483 e. The van der Waals surface area contributed by atoms with Crippen LogP contribution >= 0.6 is 0 Å². The predicted octanol–water partition coefficient (Wildman–Crippen LogP) is 2.20. The normalized spacial score (nSPS) is 33.9. The van der Waals surface area contributed by atoms with Crippen LogP contribution < -0.4 is 15.4 Å². The fourth-order valence-electron chi connectivity index (χ4n) is 4.67. The molecule has 1 aromatic rings. The number of imide groups is 1. The minimum atomic E-state index is -1.20. The molecule has 1 aromatic carbocycles. The molecule has 2 spiro atoms. The second-order valence-electron chi connectivity index (χ2n) is 7.94. The zero-order valence-electron chi connectivity index (χ0n) is 15.3. The topological polar surface area (TPSA) is 76.7 Å². The molecule has 2 aliphatic carbocycles. The van der Waals surface area contributed by atoms with Crippen molar-refractivity contribution >= 4 is 11.9 Å². The van der Waals surface area contributed by atoms with Crippen LogP contribution in [0.5, 0.6) is 5.75 Å². The van der Waals surface area contributed by atoms with Gasteiger partial charge in [0.15, 0.2) is 5.54 Å². The molecule has 4 aliphatic rings. The van der Waals surface area contributed by atoms with E-state index < -0.39 is 17.2 Å². The molecule has 3 fully saturated rings. The number of hydrogen-bond donors (Lipinski definition) is 2. The SMILES string of the molecule is COC1CCC2(CC1)Oc1ccc(C#CC3CC3)cc1C21NC(=O)NC1=O.